The van der Waals surface area contributed by atoms with Crippen LogP contribution in [0.2, 0.25) is 5.02 Å². The molecule has 0 aliphatic heterocycles. The number of aliphatic hydroxyl groups excluding tert-OH is 1. The van der Waals surface area contributed by atoms with E-state index in [1.54, 1.807) is 6.20 Å². The van der Waals surface area contributed by atoms with Gasteiger partial charge in [0.15, 0.2) is 0 Å². The number of carbonyl (C=O) groups excluding carboxylic acids is 1. The Morgan fingerprint density at radius 3 is 2.45 bits per heavy atom. The zero-order chi connectivity index (χ0) is 20.3. The van der Waals surface area contributed by atoms with Crippen molar-refractivity contribution in [3.05, 3.63) is 28.5 Å². The number of nitrogens with zero attached hydrogens (tertiary/aromatic N) is 1. The van der Waals surface area contributed by atoms with Crippen LogP contribution in [0, 0.1) is 23.2 Å². The molecular formula is C23H34ClN3O2. The van der Waals surface area contributed by atoms with Gasteiger partial charge in [0, 0.05) is 25.0 Å². The zero-order valence-corrected chi connectivity index (χ0v) is 18.0. The van der Waals surface area contributed by atoms with Crippen LogP contribution >= 0.6 is 11.6 Å². The second-order valence-corrected chi connectivity index (χ2v) is 10.1. The maximum absolute atomic E-state index is 12.9. The predicted octanol–water partition coefficient (Wildman–Crippen LogP) is 3.59. The number of aromatic nitrogens is 1. The van der Waals surface area contributed by atoms with Crippen LogP contribution in [-0.4, -0.2) is 42.2 Å². The Kier molecular flexibility index (Phi) is 6.77. The summed E-state index contributed by atoms with van der Waals surface area (Å²) < 4.78 is 0. The SMILES string of the molecule is O=C(NCC12CC3CC(CC(C3)C1)C2)c1cc(CCCNCCCO)ncc1Cl. The van der Waals surface area contributed by atoms with Crippen molar-refractivity contribution in [1.82, 2.24) is 15.6 Å². The summed E-state index contributed by atoms with van der Waals surface area (Å²) in [4.78, 5) is 17.3. The molecule has 4 aliphatic carbocycles. The Labute approximate surface area is 179 Å². The first-order valence-corrected chi connectivity index (χ1v) is 11.7. The van der Waals surface area contributed by atoms with Gasteiger partial charge in [-0.3, -0.25) is 9.78 Å². The van der Waals surface area contributed by atoms with Gasteiger partial charge >= 0.3 is 0 Å². The predicted molar refractivity (Wildman–Crippen MR) is 115 cm³/mol. The molecule has 1 amide bonds. The quantitative estimate of drug-likeness (QED) is 0.507. The van der Waals surface area contributed by atoms with Crippen LogP contribution in [0.5, 0.6) is 0 Å². The van der Waals surface area contributed by atoms with Gasteiger partial charge in [0.05, 0.1) is 10.6 Å². The standard InChI is InChI=1S/C23H34ClN3O2/c24-21-14-26-19(3-1-4-25-5-2-6-28)10-20(21)22(29)27-15-23-11-16-7-17(12-23)9-18(8-16)13-23/h10,14,16-18,25,28H,1-9,11-13,15H2,(H,27,29). The molecular weight excluding hydrogens is 386 g/mol. The van der Waals surface area contributed by atoms with Crippen molar-refractivity contribution in [3.8, 4) is 0 Å². The number of hydrogen-bond acceptors (Lipinski definition) is 4. The fourth-order valence-corrected chi connectivity index (χ4v) is 6.57. The molecule has 29 heavy (non-hydrogen) atoms. The molecule has 5 nitrogen and oxygen atoms in total. The maximum Gasteiger partial charge on any atom is 0.252 e. The van der Waals surface area contributed by atoms with E-state index in [-0.39, 0.29) is 12.5 Å². The molecule has 1 heterocycles. The summed E-state index contributed by atoms with van der Waals surface area (Å²) in [5.74, 6) is 2.61. The highest BCUT2D eigenvalue weighted by Crippen LogP contribution is 2.59. The molecule has 5 rings (SSSR count). The average Bonchev–Trinajstić information content (AvgIpc) is 2.69. The van der Waals surface area contributed by atoms with Crippen LogP contribution in [0.3, 0.4) is 0 Å². The minimum absolute atomic E-state index is 0.0598. The number of amides is 1. The summed E-state index contributed by atoms with van der Waals surface area (Å²) >= 11 is 6.30. The van der Waals surface area contributed by atoms with Crippen molar-refractivity contribution < 1.29 is 9.90 Å². The molecule has 0 aromatic carbocycles. The Bertz CT molecular complexity index is 689. The number of nitrogens with one attached hydrogen (secondary N) is 2. The molecule has 6 heteroatoms. The largest absolute Gasteiger partial charge is 0.396 e. The fraction of sp³-hybridized carbons (Fsp3) is 0.739. The van der Waals surface area contributed by atoms with Crippen molar-refractivity contribution in [3.63, 3.8) is 0 Å². The van der Waals surface area contributed by atoms with Crippen LogP contribution in [0.25, 0.3) is 0 Å². The van der Waals surface area contributed by atoms with Crippen molar-refractivity contribution >= 4 is 17.5 Å². The number of pyridine rings is 1. The normalized spacial score (nSPS) is 29.9. The first-order chi connectivity index (χ1) is 14.1. The monoisotopic (exact) mass is 419 g/mol. The van der Waals surface area contributed by atoms with Gasteiger partial charge in [0.1, 0.15) is 0 Å². The van der Waals surface area contributed by atoms with Crippen molar-refractivity contribution in [2.24, 2.45) is 23.2 Å². The number of carbonyl (C=O) groups is 1. The number of aliphatic hydroxyl groups is 1. The number of hydrogen-bond donors (Lipinski definition) is 3. The van der Waals surface area contributed by atoms with Crippen LogP contribution in [-0.2, 0) is 6.42 Å². The average molecular weight is 420 g/mol. The smallest absolute Gasteiger partial charge is 0.252 e. The van der Waals surface area contributed by atoms with Crippen LogP contribution in [0.4, 0.5) is 0 Å². The lowest BCUT2D eigenvalue weighted by Crippen LogP contribution is -2.51. The first-order valence-electron chi connectivity index (χ1n) is 11.3. The summed E-state index contributed by atoms with van der Waals surface area (Å²) in [7, 11) is 0. The van der Waals surface area contributed by atoms with Gasteiger partial charge in [-0.1, -0.05) is 11.6 Å². The first kappa shape index (κ1) is 21.1. The minimum atomic E-state index is -0.0598. The second-order valence-electron chi connectivity index (χ2n) is 9.69. The van der Waals surface area contributed by atoms with E-state index in [2.05, 4.69) is 15.6 Å². The molecule has 1 aromatic rings. The van der Waals surface area contributed by atoms with Gasteiger partial charge in [0.2, 0.25) is 0 Å². The minimum Gasteiger partial charge on any atom is -0.396 e. The molecule has 4 bridgehead atoms. The zero-order valence-electron chi connectivity index (χ0n) is 17.3. The van der Waals surface area contributed by atoms with E-state index < -0.39 is 0 Å². The third-order valence-electron chi connectivity index (χ3n) is 7.24. The summed E-state index contributed by atoms with van der Waals surface area (Å²) in [6, 6.07) is 1.85. The summed E-state index contributed by atoms with van der Waals surface area (Å²) in [5.41, 5.74) is 1.78. The maximum atomic E-state index is 12.9. The lowest BCUT2D eigenvalue weighted by atomic mass is 9.49. The van der Waals surface area contributed by atoms with Gasteiger partial charge in [-0.25, -0.2) is 0 Å². The van der Waals surface area contributed by atoms with Gasteiger partial charge in [0.25, 0.3) is 5.91 Å². The van der Waals surface area contributed by atoms with Crippen molar-refractivity contribution in [2.75, 3.05) is 26.2 Å². The van der Waals surface area contributed by atoms with E-state index in [9.17, 15) is 4.79 Å². The van der Waals surface area contributed by atoms with Crippen LogP contribution < -0.4 is 10.6 Å². The second kappa shape index (κ2) is 9.32. The molecule has 0 saturated heterocycles. The third kappa shape index (κ3) is 5.12. The number of aryl methyl sites for hydroxylation is 1. The van der Waals surface area contributed by atoms with Crippen LogP contribution in [0.15, 0.2) is 12.3 Å². The molecule has 4 aliphatic rings. The molecule has 1 aromatic heterocycles. The van der Waals surface area contributed by atoms with Gasteiger partial charge in [-0.2, -0.15) is 0 Å². The lowest BCUT2D eigenvalue weighted by Gasteiger charge is -2.56. The van der Waals surface area contributed by atoms with E-state index in [1.807, 2.05) is 6.07 Å². The molecule has 0 unspecified atom stereocenters. The summed E-state index contributed by atoms with van der Waals surface area (Å²) in [5, 5.41) is 15.8. The Morgan fingerprint density at radius 1 is 1.14 bits per heavy atom. The fourth-order valence-electron chi connectivity index (χ4n) is 6.39. The number of halogens is 1. The van der Waals surface area contributed by atoms with Crippen molar-refractivity contribution in [2.45, 2.75) is 57.8 Å². The molecule has 0 radical (unpaired) electrons. The van der Waals surface area contributed by atoms with Gasteiger partial charge in [-0.05, 0) is 100 Å². The van der Waals surface area contributed by atoms with Gasteiger partial charge in [-0.15, -0.1) is 0 Å². The van der Waals surface area contributed by atoms with E-state index in [0.29, 0.717) is 16.0 Å². The van der Waals surface area contributed by atoms with E-state index in [1.165, 1.54) is 38.5 Å². The topological polar surface area (TPSA) is 74.2 Å². The van der Waals surface area contributed by atoms with E-state index in [4.69, 9.17) is 16.7 Å². The van der Waals surface area contributed by atoms with Crippen molar-refractivity contribution in [1.29, 1.82) is 0 Å². The molecule has 0 atom stereocenters. The molecule has 160 valence electrons. The highest BCUT2D eigenvalue weighted by molar-refractivity contribution is 6.33. The molecule has 4 fully saturated rings. The molecule has 0 spiro atoms. The highest BCUT2D eigenvalue weighted by atomic mass is 35.5. The Hall–Kier alpha value is -1.17. The van der Waals surface area contributed by atoms with E-state index in [0.717, 1.165) is 62.3 Å². The summed E-state index contributed by atoms with van der Waals surface area (Å²) in [6.07, 6.45) is 12.2. The van der Waals surface area contributed by atoms with Gasteiger partial charge < -0.3 is 15.7 Å². The van der Waals surface area contributed by atoms with Crippen LogP contribution in [0.1, 0.15) is 67.4 Å². The molecule has 3 N–H and O–H groups in total. The summed E-state index contributed by atoms with van der Waals surface area (Å²) in [6.45, 7) is 2.70. The number of rotatable bonds is 10. The Balaban J connectivity index is 1.30. The lowest BCUT2D eigenvalue weighted by molar-refractivity contribution is -0.0503. The third-order valence-corrected chi connectivity index (χ3v) is 7.54. The highest BCUT2D eigenvalue weighted by Gasteiger charge is 2.50. The molecule has 4 saturated carbocycles. The van der Waals surface area contributed by atoms with E-state index >= 15 is 0 Å². The Morgan fingerprint density at radius 2 is 1.79 bits per heavy atom.